The molecule has 7 nitrogen and oxygen atoms in total. The van der Waals surface area contributed by atoms with Crippen LogP contribution in [0.15, 0.2) is 18.2 Å². The van der Waals surface area contributed by atoms with Gasteiger partial charge in [0.1, 0.15) is 19.1 Å². The van der Waals surface area contributed by atoms with Crippen LogP contribution in [0.4, 0.5) is 5.69 Å². The number of benzene rings is 1. The first kappa shape index (κ1) is 21.7. The molecule has 2 saturated heterocycles. The average Bonchev–Trinajstić information content (AvgIpc) is 3.13. The third kappa shape index (κ3) is 4.61. The molecule has 0 spiro atoms. The van der Waals surface area contributed by atoms with E-state index in [1.54, 1.807) is 4.90 Å². The maximum atomic E-state index is 13.0. The molecule has 0 saturated carbocycles. The fraction of sp³-hybridized carbons (Fsp3) is 0.619. The molecular formula is C21H30ClN3O4. The summed E-state index contributed by atoms with van der Waals surface area (Å²) in [6.45, 7) is 7.21. The van der Waals surface area contributed by atoms with Crippen molar-refractivity contribution in [2.75, 3.05) is 50.8 Å². The minimum Gasteiger partial charge on any atom is -0.486 e. The van der Waals surface area contributed by atoms with E-state index < -0.39 is 5.92 Å². The summed E-state index contributed by atoms with van der Waals surface area (Å²) in [5.41, 5.74) is 0.772. The topological polar surface area (TPSA) is 71.1 Å². The lowest BCUT2D eigenvalue weighted by Crippen LogP contribution is -2.45. The van der Waals surface area contributed by atoms with E-state index in [0.717, 1.165) is 44.7 Å². The Labute approximate surface area is 178 Å². The minimum atomic E-state index is -0.557. The van der Waals surface area contributed by atoms with Crippen LogP contribution in [0.25, 0.3) is 0 Å². The molecule has 3 aliphatic rings. The van der Waals surface area contributed by atoms with Crippen LogP contribution < -0.4 is 19.7 Å². The van der Waals surface area contributed by atoms with Gasteiger partial charge < -0.3 is 24.6 Å². The summed E-state index contributed by atoms with van der Waals surface area (Å²) in [5, 5.41) is 3.39. The number of ether oxygens (including phenoxy) is 2. The van der Waals surface area contributed by atoms with Gasteiger partial charge in [0.15, 0.2) is 11.5 Å². The molecular weight excluding hydrogens is 394 g/mol. The lowest BCUT2D eigenvalue weighted by molar-refractivity contribution is -0.141. The van der Waals surface area contributed by atoms with E-state index in [-0.39, 0.29) is 24.2 Å². The van der Waals surface area contributed by atoms with Gasteiger partial charge in [0.2, 0.25) is 11.8 Å². The molecule has 1 unspecified atom stereocenters. The molecule has 8 heteroatoms. The number of halogens is 1. The van der Waals surface area contributed by atoms with Crippen LogP contribution in [-0.2, 0) is 9.59 Å². The second-order valence-corrected chi connectivity index (χ2v) is 7.74. The van der Waals surface area contributed by atoms with Gasteiger partial charge in [-0.2, -0.15) is 0 Å². The standard InChI is InChI=1S/C21H29N3O4.ClH/c1-2-22-14-15-5-8-23(9-6-15)20(25)17-7-10-24(21(17)26)16-3-4-18-19(13-16)28-12-11-27-18;/h3-4,13,15,17,22H,2,5-12,14H2,1H3;1H. The number of amides is 2. The quantitative estimate of drug-likeness (QED) is 0.734. The van der Waals surface area contributed by atoms with Gasteiger partial charge in [-0.25, -0.2) is 0 Å². The predicted octanol–water partition coefficient (Wildman–Crippen LogP) is 2.08. The highest BCUT2D eigenvalue weighted by atomic mass is 35.5. The number of nitrogens with one attached hydrogen (secondary N) is 1. The normalized spacial score (nSPS) is 21.8. The first-order chi connectivity index (χ1) is 13.7. The summed E-state index contributed by atoms with van der Waals surface area (Å²) < 4.78 is 11.2. The van der Waals surface area contributed by atoms with Gasteiger partial charge in [-0.1, -0.05) is 6.92 Å². The summed E-state index contributed by atoms with van der Waals surface area (Å²) >= 11 is 0. The van der Waals surface area contributed by atoms with Gasteiger partial charge in [-0.15, -0.1) is 12.4 Å². The van der Waals surface area contributed by atoms with E-state index >= 15 is 0 Å². The number of carbonyl (C=O) groups excluding carboxylic acids is 2. The van der Waals surface area contributed by atoms with Crippen molar-refractivity contribution in [2.24, 2.45) is 11.8 Å². The molecule has 1 aromatic rings. The average molecular weight is 424 g/mol. The van der Waals surface area contributed by atoms with Crippen LogP contribution in [0.5, 0.6) is 11.5 Å². The van der Waals surface area contributed by atoms with Crippen LogP contribution in [-0.4, -0.2) is 62.7 Å². The first-order valence-corrected chi connectivity index (χ1v) is 10.4. The summed E-state index contributed by atoms with van der Waals surface area (Å²) in [5.74, 6) is 1.32. The lowest BCUT2D eigenvalue weighted by Gasteiger charge is -2.33. The zero-order valence-electron chi connectivity index (χ0n) is 16.9. The molecule has 2 fully saturated rings. The van der Waals surface area contributed by atoms with Crippen molar-refractivity contribution < 1.29 is 19.1 Å². The molecule has 29 heavy (non-hydrogen) atoms. The van der Waals surface area contributed by atoms with Gasteiger partial charge in [0.05, 0.1) is 0 Å². The van der Waals surface area contributed by atoms with E-state index in [2.05, 4.69) is 12.2 Å². The number of carbonyl (C=O) groups is 2. The van der Waals surface area contributed by atoms with E-state index in [4.69, 9.17) is 9.47 Å². The Hall–Kier alpha value is -1.99. The Kier molecular flexibility index (Phi) is 7.24. The number of piperidine rings is 1. The molecule has 0 radical (unpaired) electrons. The largest absolute Gasteiger partial charge is 0.486 e. The molecule has 3 heterocycles. The molecule has 160 valence electrons. The predicted molar refractivity (Wildman–Crippen MR) is 113 cm³/mol. The zero-order valence-corrected chi connectivity index (χ0v) is 17.7. The van der Waals surface area contributed by atoms with Crippen LogP contribution in [0.1, 0.15) is 26.2 Å². The van der Waals surface area contributed by atoms with E-state index in [0.29, 0.717) is 43.6 Å². The Morgan fingerprint density at radius 2 is 1.83 bits per heavy atom. The molecule has 2 amide bonds. The second kappa shape index (κ2) is 9.67. The van der Waals surface area contributed by atoms with E-state index in [9.17, 15) is 9.59 Å². The van der Waals surface area contributed by atoms with Crippen molar-refractivity contribution in [3.05, 3.63) is 18.2 Å². The highest BCUT2D eigenvalue weighted by molar-refractivity contribution is 6.09. The van der Waals surface area contributed by atoms with Crippen molar-refractivity contribution in [2.45, 2.75) is 26.2 Å². The van der Waals surface area contributed by atoms with Gasteiger partial charge in [0.25, 0.3) is 0 Å². The minimum absolute atomic E-state index is 0. The third-order valence-corrected chi connectivity index (χ3v) is 5.95. The van der Waals surface area contributed by atoms with Gasteiger partial charge in [-0.05, 0) is 50.4 Å². The van der Waals surface area contributed by atoms with E-state index in [1.807, 2.05) is 23.1 Å². The zero-order chi connectivity index (χ0) is 19.5. The summed E-state index contributed by atoms with van der Waals surface area (Å²) in [7, 11) is 0. The van der Waals surface area contributed by atoms with Crippen LogP contribution in [0.2, 0.25) is 0 Å². The molecule has 4 rings (SSSR count). The number of fused-ring (bicyclic) bond motifs is 1. The molecule has 0 aromatic heterocycles. The highest BCUT2D eigenvalue weighted by Gasteiger charge is 2.40. The Morgan fingerprint density at radius 1 is 1.10 bits per heavy atom. The number of rotatable bonds is 5. The molecule has 0 aliphatic carbocycles. The van der Waals surface area contributed by atoms with E-state index in [1.165, 1.54) is 0 Å². The molecule has 1 atom stereocenters. The number of hydrogen-bond acceptors (Lipinski definition) is 5. The van der Waals surface area contributed by atoms with Crippen molar-refractivity contribution in [1.82, 2.24) is 10.2 Å². The Balaban J connectivity index is 0.00000240. The number of anilines is 1. The fourth-order valence-corrected chi connectivity index (χ4v) is 4.29. The van der Waals surface area contributed by atoms with Crippen molar-refractivity contribution in [3.8, 4) is 11.5 Å². The summed E-state index contributed by atoms with van der Waals surface area (Å²) in [6, 6.07) is 5.54. The van der Waals surface area contributed by atoms with Crippen LogP contribution in [0.3, 0.4) is 0 Å². The van der Waals surface area contributed by atoms with Crippen molar-refractivity contribution in [1.29, 1.82) is 0 Å². The smallest absolute Gasteiger partial charge is 0.239 e. The Bertz CT molecular complexity index is 737. The second-order valence-electron chi connectivity index (χ2n) is 7.74. The monoisotopic (exact) mass is 423 g/mol. The number of hydrogen-bond donors (Lipinski definition) is 1. The molecule has 1 aromatic carbocycles. The maximum Gasteiger partial charge on any atom is 0.239 e. The van der Waals surface area contributed by atoms with Gasteiger partial charge in [0, 0.05) is 31.4 Å². The summed E-state index contributed by atoms with van der Waals surface area (Å²) in [4.78, 5) is 29.5. The van der Waals surface area contributed by atoms with Gasteiger partial charge in [-0.3, -0.25) is 9.59 Å². The highest BCUT2D eigenvalue weighted by Crippen LogP contribution is 2.36. The third-order valence-electron chi connectivity index (χ3n) is 5.95. The fourth-order valence-electron chi connectivity index (χ4n) is 4.29. The maximum absolute atomic E-state index is 13.0. The van der Waals surface area contributed by atoms with Crippen molar-refractivity contribution in [3.63, 3.8) is 0 Å². The molecule has 1 N–H and O–H groups in total. The van der Waals surface area contributed by atoms with Gasteiger partial charge >= 0.3 is 0 Å². The molecule has 3 aliphatic heterocycles. The SMILES string of the molecule is CCNCC1CCN(C(=O)C2CCN(c3ccc4c(c3)OCCO4)C2=O)CC1.Cl. The first-order valence-electron chi connectivity index (χ1n) is 10.4. The number of nitrogens with zero attached hydrogens (tertiary/aromatic N) is 2. The van der Waals surface area contributed by atoms with Crippen LogP contribution in [0, 0.1) is 11.8 Å². The number of likely N-dealkylation sites (tertiary alicyclic amines) is 1. The molecule has 0 bridgehead atoms. The summed E-state index contributed by atoms with van der Waals surface area (Å²) in [6.07, 6.45) is 2.58. The van der Waals surface area contributed by atoms with Crippen molar-refractivity contribution >= 4 is 29.9 Å². The van der Waals surface area contributed by atoms with Crippen LogP contribution >= 0.6 is 12.4 Å². The lowest BCUT2D eigenvalue weighted by atomic mass is 9.95. The Morgan fingerprint density at radius 3 is 2.55 bits per heavy atom.